The Morgan fingerprint density at radius 2 is 1.91 bits per heavy atom. The molecule has 2 N–H and O–H groups in total. The molecule has 0 saturated carbocycles. The number of aliphatic hydroxyl groups excluding tert-OH is 1. The lowest BCUT2D eigenvalue weighted by Crippen LogP contribution is -2.32. The molecule has 23 heavy (non-hydrogen) atoms. The van der Waals surface area contributed by atoms with Crippen molar-refractivity contribution in [2.24, 2.45) is 0 Å². The van der Waals surface area contributed by atoms with Crippen molar-refractivity contribution in [3.8, 4) is 0 Å². The molecule has 1 aliphatic heterocycles. The van der Waals surface area contributed by atoms with Gasteiger partial charge in [-0.25, -0.2) is 0 Å². The molecule has 1 aromatic rings. The second-order valence-electron chi connectivity index (χ2n) is 6.08. The minimum absolute atomic E-state index is 0.421. The van der Waals surface area contributed by atoms with Crippen molar-refractivity contribution in [3.63, 3.8) is 0 Å². The molecule has 1 aromatic carbocycles. The van der Waals surface area contributed by atoms with Crippen molar-refractivity contribution < 1.29 is 14.6 Å². The molecule has 0 bridgehead atoms. The van der Waals surface area contributed by atoms with Gasteiger partial charge in [-0.1, -0.05) is 12.1 Å². The van der Waals surface area contributed by atoms with E-state index in [4.69, 9.17) is 9.47 Å². The van der Waals surface area contributed by atoms with Crippen LogP contribution in [0.15, 0.2) is 18.2 Å². The van der Waals surface area contributed by atoms with Crippen LogP contribution in [-0.4, -0.2) is 63.6 Å². The Balaban J connectivity index is 1.87. The van der Waals surface area contributed by atoms with E-state index in [-0.39, 0.29) is 0 Å². The summed E-state index contributed by atoms with van der Waals surface area (Å²) in [7, 11) is 3.43. The molecule has 0 spiro atoms. The number of rotatable bonds is 10. The van der Waals surface area contributed by atoms with Gasteiger partial charge in [0.2, 0.25) is 0 Å². The van der Waals surface area contributed by atoms with Crippen molar-refractivity contribution in [2.45, 2.75) is 25.4 Å². The summed E-state index contributed by atoms with van der Waals surface area (Å²) >= 11 is 0. The molecular weight excluding hydrogens is 292 g/mol. The first-order valence-corrected chi connectivity index (χ1v) is 8.49. The van der Waals surface area contributed by atoms with Gasteiger partial charge in [0, 0.05) is 46.1 Å². The zero-order valence-corrected chi connectivity index (χ0v) is 14.4. The van der Waals surface area contributed by atoms with E-state index in [1.807, 2.05) is 6.07 Å². The van der Waals surface area contributed by atoms with Crippen LogP contribution in [0.5, 0.6) is 0 Å². The highest BCUT2D eigenvalue weighted by Crippen LogP contribution is 2.26. The van der Waals surface area contributed by atoms with E-state index in [1.165, 1.54) is 11.3 Å². The topological polar surface area (TPSA) is 54.0 Å². The number of methoxy groups -OCH3 is 2. The van der Waals surface area contributed by atoms with Crippen LogP contribution in [0, 0.1) is 0 Å². The summed E-state index contributed by atoms with van der Waals surface area (Å²) < 4.78 is 10.3. The Morgan fingerprint density at radius 3 is 2.61 bits per heavy atom. The van der Waals surface area contributed by atoms with Crippen molar-refractivity contribution in [3.05, 3.63) is 29.3 Å². The van der Waals surface area contributed by atoms with Crippen LogP contribution >= 0.6 is 0 Å². The van der Waals surface area contributed by atoms with Gasteiger partial charge in [-0.15, -0.1) is 0 Å². The zero-order valence-electron chi connectivity index (χ0n) is 14.4. The van der Waals surface area contributed by atoms with Crippen LogP contribution in [0.25, 0.3) is 0 Å². The SMILES string of the molecule is COCCN(CCOC)CCC(O)c1ccc2c(c1)CCCN2. The van der Waals surface area contributed by atoms with Crippen molar-refractivity contribution in [2.75, 3.05) is 58.9 Å². The molecule has 0 aromatic heterocycles. The van der Waals surface area contributed by atoms with Crippen LogP contribution in [0.4, 0.5) is 5.69 Å². The number of ether oxygens (including phenoxy) is 2. The monoisotopic (exact) mass is 322 g/mol. The fourth-order valence-corrected chi connectivity index (χ4v) is 2.95. The van der Waals surface area contributed by atoms with Crippen LogP contribution in [0.3, 0.4) is 0 Å². The highest BCUT2D eigenvalue weighted by atomic mass is 16.5. The van der Waals surface area contributed by atoms with Gasteiger partial charge in [-0.3, -0.25) is 4.90 Å². The second-order valence-corrected chi connectivity index (χ2v) is 6.08. The number of aryl methyl sites for hydroxylation is 1. The molecule has 5 heteroatoms. The molecule has 0 saturated heterocycles. The molecule has 0 fully saturated rings. The van der Waals surface area contributed by atoms with Crippen LogP contribution in [0.1, 0.15) is 30.1 Å². The van der Waals surface area contributed by atoms with Crippen LogP contribution < -0.4 is 5.32 Å². The molecule has 1 unspecified atom stereocenters. The maximum absolute atomic E-state index is 10.5. The largest absolute Gasteiger partial charge is 0.388 e. The fraction of sp³-hybridized carbons (Fsp3) is 0.667. The minimum atomic E-state index is -0.421. The highest BCUT2D eigenvalue weighted by Gasteiger charge is 2.14. The molecule has 1 heterocycles. The maximum Gasteiger partial charge on any atom is 0.0802 e. The van der Waals surface area contributed by atoms with Gasteiger partial charge >= 0.3 is 0 Å². The number of aliphatic hydroxyl groups is 1. The number of hydrogen-bond acceptors (Lipinski definition) is 5. The van der Waals surface area contributed by atoms with Gasteiger partial charge in [-0.2, -0.15) is 0 Å². The van der Waals surface area contributed by atoms with E-state index >= 15 is 0 Å². The first-order chi connectivity index (χ1) is 11.2. The average molecular weight is 322 g/mol. The standard InChI is InChI=1S/C18H30N2O3/c1-22-12-10-20(11-13-23-2)9-7-18(21)16-5-6-17-15(14-16)4-3-8-19-17/h5-6,14,18-19,21H,3-4,7-13H2,1-2H3. The Morgan fingerprint density at radius 1 is 1.17 bits per heavy atom. The zero-order chi connectivity index (χ0) is 16.5. The number of nitrogens with one attached hydrogen (secondary N) is 1. The van der Waals surface area contributed by atoms with E-state index < -0.39 is 6.10 Å². The van der Waals surface area contributed by atoms with E-state index in [1.54, 1.807) is 14.2 Å². The van der Waals surface area contributed by atoms with Crippen molar-refractivity contribution >= 4 is 5.69 Å². The third-order valence-electron chi connectivity index (χ3n) is 4.39. The number of fused-ring (bicyclic) bond motifs is 1. The predicted octanol–water partition coefficient (Wildman–Crippen LogP) is 2.06. The predicted molar refractivity (Wildman–Crippen MR) is 93.0 cm³/mol. The van der Waals surface area contributed by atoms with Gasteiger partial charge in [0.05, 0.1) is 19.3 Å². The summed E-state index contributed by atoms with van der Waals surface area (Å²) in [6.07, 6.45) is 2.56. The van der Waals surface area contributed by atoms with Crippen LogP contribution in [0.2, 0.25) is 0 Å². The molecule has 130 valence electrons. The molecule has 0 aliphatic carbocycles. The van der Waals surface area contributed by atoms with Crippen LogP contribution in [-0.2, 0) is 15.9 Å². The Kier molecular flexibility index (Phi) is 7.82. The summed E-state index contributed by atoms with van der Waals surface area (Å²) in [4.78, 5) is 2.27. The summed E-state index contributed by atoms with van der Waals surface area (Å²) in [6.45, 7) is 5.00. The number of hydrogen-bond donors (Lipinski definition) is 2. The van der Waals surface area contributed by atoms with Gasteiger partial charge < -0.3 is 19.9 Å². The van der Waals surface area contributed by atoms with E-state index in [0.717, 1.165) is 51.0 Å². The lowest BCUT2D eigenvalue weighted by Gasteiger charge is -2.24. The Hall–Kier alpha value is -1.14. The summed E-state index contributed by atoms with van der Waals surface area (Å²) in [5.74, 6) is 0. The Labute approximate surface area is 139 Å². The van der Waals surface area contributed by atoms with Gasteiger partial charge in [-0.05, 0) is 36.5 Å². The molecule has 1 aliphatic rings. The van der Waals surface area contributed by atoms with E-state index in [9.17, 15) is 5.11 Å². The number of benzene rings is 1. The molecule has 0 amide bonds. The molecule has 1 atom stereocenters. The lowest BCUT2D eigenvalue weighted by atomic mass is 9.97. The highest BCUT2D eigenvalue weighted by molar-refractivity contribution is 5.54. The second kappa shape index (κ2) is 9.88. The summed E-state index contributed by atoms with van der Waals surface area (Å²) in [5.41, 5.74) is 3.56. The third kappa shape index (κ3) is 5.77. The average Bonchev–Trinajstić information content (AvgIpc) is 2.60. The third-order valence-corrected chi connectivity index (χ3v) is 4.39. The number of nitrogens with zero attached hydrogens (tertiary/aromatic N) is 1. The first kappa shape index (κ1) is 18.2. The lowest BCUT2D eigenvalue weighted by molar-refractivity contribution is 0.0945. The molecule has 2 rings (SSSR count). The quantitative estimate of drug-likeness (QED) is 0.691. The van der Waals surface area contributed by atoms with E-state index in [2.05, 4.69) is 22.3 Å². The smallest absolute Gasteiger partial charge is 0.0802 e. The molecule has 0 radical (unpaired) electrons. The minimum Gasteiger partial charge on any atom is -0.388 e. The van der Waals surface area contributed by atoms with Crippen molar-refractivity contribution in [1.82, 2.24) is 4.90 Å². The number of anilines is 1. The van der Waals surface area contributed by atoms with Crippen molar-refractivity contribution in [1.29, 1.82) is 0 Å². The van der Waals surface area contributed by atoms with Gasteiger partial charge in [0.15, 0.2) is 0 Å². The maximum atomic E-state index is 10.5. The summed E-state index contributed by atoms with van der Waals surface area (Å²) in [5, 5.41) is 13.9. The fourth-order valence-electron chi connectivity index (χ4n) is 2.95. The normalized spacial score (nSPS) is 15.3. The Bertz CT molecular complexity index is 460. The first-order valence-electron chi connectivity index (χ1n) is 8.49. The molecule has 5 nitrogen and oxygen atoms in total. The van der Waals surface area contributed by atoms with E-state index in [0.29, 0.717) is 13.2 Å². The van der Waals surface area contributed by atoms with Gasteiger partial charge in [0.25, 0.3) is 0 Å². The molecular formula is C18H30N2O3. The van der Waals surface area contributed by atoms with Gasteiger partial charge in [0.1, 0.15) is 0 Å². The summed E-state index contributed by atoms with van der Waals surface area (Å²) in [6, 6.07) is 6.29.